The molecule has 0 unspecified atom stereocenters. The van der Waals surface area contributed by atoms with E-state index in [1.807, 2.05) is 30.3 Å². The van der Waals surface area contributed by atoms with Crippen LogP contribution in [-0.4, -0.2) is 9.55 Å². The second-order valence-corrected chi connectivity index (χ2v) is 3.32. The highest BCUT2D eigenvalue weighted by atomic mass is 16.1. The van der Waals surface area contributed by atoms with Crippen molar-refractivity contribution in [3.05, 3.63) is 53.1 Å². The summed E-state index contributed by atoms with van der Waals surface area (Å²) in [5.74, 6) is 0.493. The number of hydrazine groups is 1. The number of hydrogen-bond acceptors (Lipinski definition) is 4. The molecule has 2 rings (SSSR count). The summed E-state index contributed by atoms with van der Waals surface area (Å²) < 4.78 is 1.41. The first kappa shape index (κ1) is 10.2. The molecule has 0 aliphatic rings. The van der Waals surface area contributed by atoms with Crippen molar-refractivity contribution in [2.75, 3.05) is 10.9 Å². The zero-order valence-electron chi connectivity index (χ0n) is 8.84. The number of benzene rings is 1. The Morgan fingerprint density at radius 2 is 1.88 bits per heavy atom. The predicted molar refractivity (Wildman–Crippen MR) is 63.2 cm³/mol. The van der Waals surface area contributed by atoms with E-state index in [0.29, 0.717) is 5.82 Å². The Kier molecular flexibility index (Phi) is 2.86. The fourth-order valence-corrected chi connectivity index (χ4v) is 1.19. The maximum atomic E-state index is 11.2. The molecule has 5 heteroatoms. The molecule has 1 heterocycles. The van der Waals surface area contributed by atoms with Crippen molar-refractivity contribution >= 4 is 11.5 Å². The molecule has 82 valence electrons. The van der Waals surface area contributed by atoms with E-state index < -0.39 is 0 Å². The molecule has 2 aromatic rings. The van der Waals surface area contributed by atoms with Gasteiger partial charge in [-0.1, -0.05) is 18.2 Å². The van der Waals surface area contributed by atoms with Gasteiger partial charge in [-0.15, -0.1) is 0 Å². The zero-order valence-corrected chi connectivity index (χ0v) is 8.84. The normalized spacial score (nSPS) is 9.81. The number of hydrogen-bond donors (Lipinski definition) is 2. The van der Waals surface area contributed by atoms with Crippen LogP contribution < -0.4 is 16.5 Å². The molecule has 0 atom stereocenters. The van der Waals surface area contributed by atoms with Gasteiger partial charge in [0.25, 0.3) is 0 Å². The summed E-state index contributed by atoms with van der Waals surface area (Å²) in [6.07, 6.45) is 1.66. The van der Waals surface area contributed by atoms with Crippen LogP contribution in [0.15, 0.2) is 47.4 Å². The van der Waals surface area contributed by atoms with Gasteiger partial charge in [-0.05, 0) is 18.2 Å². The Morgan fingerprint density at radius 3 is 2.56 bits per heavy atom. The van der Waals surface area contributed by atoms with E-state index in [1.54, 1.807) is 19.3 Å². The van der Waals surface area contributed by atoms with E-state index in [-0.39, 0.29) is 5.69 Å². The van der Waals surface area contributed by atoms with Crippen LogP contribution >= 0.6 is 0 Å². The van der Waals surface area contributed by atoms with Gasteiger partial charge in [0.15, 0.2) is 5.82 Å². The number of rotatable bonds is 3. The molecule has 0 aliphatic carbocycles. The van der Waals surface area contributed by atoms with E-state index in [2.05, 4.69) is 15.8 Å². The first-order valence-corrected chi connectivity index (χ1v) is 4.86. The molecule has 0 spiro atoms. The Bertz CT molecular complexity index is 521. The minimum absolute atomic E-state index is 0.292. The number of anilines is 2. The van der Waals surface area contributed by atoms with E-state index in [4.69, 9.17) is 0 Å². The molecule has 0 fully saturated rings. The number of aromatic nitrogens is 2. The third kappa shape index (κ3) is 2.38. The SMILES string of the molecule is Cn1ccc(NNc2ccccc2)nc1=O. The average Bonchev–Trinajstić information content (AvgIpc) is 2.32. The van der Waals surface area contributed by atoms with Gasteiger partial charge in [-0.2, -0.15) is 4.98 Å². The van der Waals surface area contributed by atoms with Crippen LogP contribution in [0.25, 0.3) is 0 Å². The lowest BCUT2D eigenvalue weighted by molar-refractivity contribution is 0.812. The summed E-state index contributed by atoms with van der Waals surface area (Å²) >= 11 is 0. The third-order valence-corrected chi connectivity index (χ3v) is 2.08. The van der Waals surface area contributed by atoms with Gasteiger partial charge in [-0.3, -0.25) is 10.9 Å². The van der Waals surface area contributed by atoms with Crippen LogP contribution in [0.3, 0.4) is 0 Å². The van der Waals surface area contributed by atoms with Crippen molar-refractivity contribution in [2.45, 2.75) is 0 Å². The van der Waals surface area contributed by atoms with Gasteiger partial charge < -0.3 is 4.57 Å². The molecule has 0 saturated heterocycles. The van der Waals surface area contributed by atoms with Crippen molar-refractivity contribution < 1.29 is 0 Å². The highest BCUT2D eigenvalue weighted by Gasteiger charge is 1.95. The summed E-state index contributed by atoms with van der Waals surface area (Å²) in [5, 5.41) is 0. The number of aryl methyl sites for hydroxylation is 1. The number of nitrogens with one attached hydrogen (secondary N) is 2. The molecule has 0 aliphatic heterocycles. The largest absolute Gasteiger partial charge is 0.349 e. The average molecular weight is 216 g/mol. The van der Waals surface area contributed by atoms with Gasteiger partial charge in [0.2, 0.25) is 0 Å². The van der Waals surface area contributed by atoms with Crippen molar-refractivity contribution in [2.24, 2.45) is 7.05 Å². The molecule has 0 saturated carbocycles. The molecule has 0 amide bonds. The minimum atomic E-state index is -0.292. The Morgan fingerprint density at radius 1 is 1.12 bits per heavy atom. The van der Waals surface area contributed by atoms with Crippen molar-refractivity contribution in [1.29, 1.82) is 0 Å². The maximum absolute atomic E-state index is 11.2. The minimum Gasteiger partial charge on any atom is -0.302 e. The van der Waals surface area contributed by atoms with Crippen LogP contribution in [0.2, 0.25) is 0 Å². The zero-order chi connectivity index (χ0) is 11.4. The number of nitrogens with zero attached hydrogens (tertiary/aromatic N) is 2. The quantitative estimate of drug-likeness (QED) is 0.757. The summed E-state index contributed by atoms with van der Waals surface area (Å²) in [5.41, 5.74) is 6.42. The highest BCUT2D eigenvalue weighted by Crippen LogP contribution is 2.05. The molecule has 16 heavy (non-hydrogen) atoms. The third-order valence-electron chi connectivity index (χ3n) is 2.08. The first-order valence-electron chi connectivity index (χ1n) is 4.86. The van der Waals surface area contributed by atoms with Gasteiger partial charge in [0.05, 0.1) is 5.69 Å². The monoisotopic (exact) mass is 216 g/mol. The Hall–Kier alpha value is -2.30. The lowest BCUT2D eigenvalue weighted by atomic mass is 10.3. The molecule has 1 aromatic carbocycles. The molecule has 0 bridgehead atoms. The molecule has 5 nitrogen and oxygen atoms in total. The van der Waals surface area contributed by atoms with Gasteiger partial charge in [0.1, 0.15) is 0 Å². The van der Waals surface area contributed by atoms with Crippen molar-refractivity contribution in [3.8, 4) is 0 Å². The maximum Gasteiger partial charge on any atom is 0.349 e. The second kappa shape index (κ2) is 4.48. The Labute approximate surface area is 92.7 Å². The first-order chi connectivity index (χ1) is 7.75. The fraction of sp³-hybridized carbons (Fsp3) is 0.0909. The molecular weight excluding hydrogens is 204 g/mol. The summed E-state index contributed by atoms with van der Waals surface area (Å²) in [4.78, 5) is 15.1. The van der Waals surface area contributed by atoms with Crippen LogP contribution in [-0.2, 0) is 7.05 Å². The molecule has 0 radical (unpaired) electrons. The van der Waals surface area contributed by atoms with Gasteiger partial charge in [-0.25, -0.2) is 4.79 Å². The van der Waals surface area contributed by atoms with Gasteiger partial charge in [0, 0.05) is 13.2 Å². The summed E-state index contributed by atoms with van der Waals surface area (Å²) in [6.45, 7) is 0. The van der Waals surface area contributed by atoms with Crippen molar-refractivity contribution in [1.82, 2.24) is 9.55 Å². The van der Waals surface area contributed by atoms with Crippen LogP contribution in [0.1, 0.15) is 0 Å². The molecule has 1 aromatic heterocycles. The smallest absolute Gasteiger partial charge is 0.302 e. The van der Waals surface area contributed by atoms with Crippen LogP contribution in [0.5, 0.6) is 0 Å². The van der Waals surface area contributed by atoms with E-state index in [9.17, 15) is 4.79 Å². The Balaban J connectivity index is 2.05. The lowest BCUT2D eigenvalue weighted by Gasteiger charge is -2.08. The summed E-state index contributed by atoms with van der Waals surface area (Å²) in [6, 6.07) is 11.3. The van der Waals surface area contributed by atoms with E-state index in [1.165, 1.54) is 4.57 Å². The second-order valence-electron chi connectivity index (χ2n) is 3.32. The number of para-hydroxylation sites is 1. The predicted octanol–water partition coefficient (Wildman–Crippen LogP) is 1.22. The van der Waals surface area contributed by atoms with E-state index in [0.717, 1.165) is 5.69 Å². The lowest BCUT2D eigenvalue weighted by Crippen LogP contribution is -2.21. The molecular formula is C11H12N4O. The van der Waals surface area contributed by atoms with Crippen molar-refractivity contribution in [3.63, 3.8) is 0 Å². The van der Waals surface area contributed by atoms with E-state index >= 15 is 0 Å². The molecule has 2 N–H and O–H groups in total. The van der Waals surface area contributed by atoms with Crippen LogP contribution in [0, 0.1) is 0 Å². The van der Waals surface area contributed by atoms with Crippen LogP contribution in [0.4, 0.5) is 11.5 Å². The highest BCUT2D eigenvalue weighted by molar-refractivity contribution is 5.48. The standard InChI is InChI=1S/C11H12N4O/c1-15-8-7-10(12-11(15)16)14-13-9-5-3-2-4-6-9/h2-8,13H,1H3,(H,12,14,16). The summed E-state index contributed by atoms with van der Waals surface area (Å²) in [7, 11) is 1.66. The fourth-order valence-electron chi connectivity index (χ4n) is 1.19. The topological polar surface area (TPSA) is 59.0 Å². The van der Waals surface area contributed by atoms with Gasteiger partial charge >= 0.3 is 5.69 Å².